The maximum atomic E-state index is 14.3. The van der Waals surface area contributed by atoms with Crippen LogP contribution in [0.5, 0.6) is 0 Å². The van der Waals surface area contributed by atoms with E-state index in [9.17, 15) is 19.5 Å². The quantitative estimate of drug-likeness (QED) is 0.234. The molecule has 3 saturated heterocycles. The van der Waals surface area contributed by atoms with Crippen molar-refractivity contribution in [3.8, 4) is 0 Å². The third-order valence-corrected chi connectivity index (χ3v) is 10.1. The first-order valence-electron chi connectivity index (χ1n) is 13.0. The Morgan fingerprint density at radius 3 is 2.63 bits per heavy atom. The number of hydrogen-bond donors (Lipinski definition) is 1. The minimum atomic E-state index is -0.729. The molecular formula is C27H42N2O5S. The van der Waals surface area contributed by atoms with Gasteiger partial charge < -0.3 is 19.6 Å². The lowest BCUT2D eigenvalue weighted by Gasteiger charge is -2.42. The van der Waals surface area contributed by atoms with Gasteiger partial charge in [0.2, 0.25) is 11.8 Å². The fraction of sp³-hybridized carbons (Fsp3) is 0.741. The molecule has 7 nitrogen and oxygen atoms in total. The molecule has 3 heterocycles. The molecule has 0 aliphatic carbocycles. The third-order valence-electron chi connectivity index (χ3n) is 8.01. The molecule has 3 aliphatic rings. The Kier molecular flexibility index (Phi) is 9.13. The SMILES string of the molecule is C=CCCOC(=O)[C@@H]1[C@@H]2CC(C)C3(S2)C(C(=O)N(CC=C)CCCC)N([C@@H](CO)C(C)C)C(=O)[C@H]13. The molecule has 2 bridgehead atoms. The van der Waals surface area contributed by atoms with Gasteiger partial charge in [-0.1, -0.05) is 46.3 Å². The van der Waals surface area contributed by atoms with E-state index in [4.69, 9.17) is 4.74 Å². The number of ether oxygens (including phenoxy) is 1. The van der Waals surface area contributed by atoms with Crippen LogP contribution in [0.4, 0.5) is 0 Å². The lowest BCUT2D eigenvalue weighted by Crippen LogP contribution is -2.60. The Morgan fingerprint density at radius 1 is 1.34 bits per heavy atom. The highest BCUT2D eigenvalue weighted by atomic mass is 32.2. The minimum absolute atomic E-state index is 0.0477. The van der Waals surface area contributed by atoms with Crippen LogP contribution in [0.3, 0.4) is 0 Å². The van der Waals surface area contributed by atoms with Gasteiger partial charge in [-0.15, -0.1) is 24.9 Å². The van der Waals surface area contributed by atoms with Crippen LogP contribution < -0.4 is 0 Å². The molecule has 196 valence electrons. The van der Waals surface area contributed by atoms with Crippen LogP contribution in [0.25, 0.3) is 0 Å². The largest absolute Gasteiger partial charge is 0.465 e. The predicted molar refractivity (Wildman–Crippen MR) is 139 cm³/mol. The van der Waals surface area contributed by atoms with Crippen molar-refractivity contribution in [1.29, 1.82) is 0 Å². The molecule has 1 N–H and O–H groups in total. The first-order chi connectivity index (χ1) is 16.7. The molecule has 35 heavy (non-hydrogen) atoms. The number of unbranched alkanes of at least 4 members (excludes halogenated alkanes) is 1. The second-order valence-corrected chi connectivity index (χ2v) is 12.0. The summed E-state index contributed by atoms with van der Waals surface area (Å²) in [5, 5.41) is 10.3. The molecule has 3 rings (SSSR count). The molecule has 3 aliphatic heterocycles. The fourth-order valence-corrected chi connectivity index (χ4v) is 8.68. The average Bonchev–Trinajstić information content (AvgIpc) is 3.41. The Morgan fingerprint density at radius 2 is 2.06 bits per heavy atom. The van der Waals surface area contributed by atoms with E-state index in [-0.39, 0.29) is 48.1 Å². The van der Waals surface area contributed by atoms with Crippen LogP contribution in [-0.4, -0.2) is 81.1 Å². The standard InChI is InChI=1S/C27H42N2O5S/c1-7-10-13-28(12-9-3)25(32)23-27-18(6)15-20(35-27)21(26(33)34-14-11-8-2)22(27)24(31)29(23)19(16-30)17(4)5/h8-9,17-23,30H,2-3,7,10-16H2,1,4-6H3/t18?,19-,20-,21+,22-,23?,27?/m0/s1. The molecule has 2 amide bonds. The first kappa shape index (κ1) is 27.8. The van der Waals surface area contributed by atoms with Gasteiger partial charge in [0, 0.05) is 18.3 Å². The van der Waals surface area contributed by atoms with E-state index in [0.717, 1.165) is 19.3 Å². The average molecular weight is 507 g/mol. The highest BCUT2D eigenvalue weighted by Gasteiger charge is 2.77. The molecule has 7 atom stereocenters. The summed E-state index contributed by atoms with van der Waals surface area (Å²) in [6.07, 6.45) is 6.53. The van der Waals surface area contributed by atoms with Gasteiger partial charge in [-0.2, -0.15) is 0 Å². The summed E-state index contributed by atoms with van der Waals surface area (Å²) in [7, 11) is 0. The number of carbonyl (C=O) groups is 3. The summed E-state index contributed by atoms with van der Waals surface area (Å²) in [4.78, 5) is 45.1. The minimum Gasteiger partial charge on any atom is -0.465 e. The van der Waals surface area contributed by atoms with Crippen molar-refractivity contribution in [3.05, 3.63) is 25.3 Å². The van der Waals surface area contributed by atoms with Gasteiger partial charge in [0.05, 0.1) is 35.8 Å². The number of aliphatic hydroxyl groups excluding tert-OH is 1. The second kappa shape index (κ2) is 11.5. The predicted octanol–water partition coefficient (Wildman–Crippen LogP) is 3.27. The van der Waals surface area contributed by atoms with Crippen molar-refractivity contribution in [2.45, 2.75) is 75.5 Å². The van der Waals surface area contributed by atoms with Crippen LogP contribution in [0, 0.1) is 23.7 Å². The number of nitrogens with zero attached hydrogens (tertiary/aromatic N) is 2. The van der Waals surface area contributed by atoms with Crippen molar-refractivity contribution in [1.82, 2.24) is 9.80 Å². The van der Waals surface area contributed by atoms with E-state index in [1.54, 1.807) is 33.7 Å². The van der Waals surface area contributed by atoms with Gasteiger partial charge >= 0.3 is 5.97 Å². The molecule has 0 radical (unpaired) electrons. The molecule has 0 saturated carbocycles. The van der Waals surface area contributed by atoms with E-state index in [0.29, 0.717) is 19.5 Å². The van der Waals surface area contributed by atoms with E-state index in [1.807, 2.05) is 13.8 Å². The maximum absolute atomic E-state index is 14.3. The van der Waals surface area contributed by atoms with Crippen molar-refractivity contribution >= 4 is 29.5 Å². The van der Waals surface area contributed by atoms with Gasteiger partial charge in [-0.05, 0) is 31.1 Å². The number of thioether (sulfide) groups is 1. The van der Waals surface area contributed by atoms with Crippen molar-refractivity contribution in [2.24, 2.45) is 23.7 Å². The van der Waals surface area contributed by atoms with Gasteiger partial charge in [-0.3, -0.25) is 14.4 Å². The van der Waals surface area contributed by atoms with Crippen molar-refractivity contribution < 1.29 is 24.2 Å². The van der Waals surface area contributed by atoms with E-state index < -0.39 is 28.7 Å². The lowest BCUT2D eigenvalue weighted by molar-refractivity contribution is -0.155. The van der Waals surface area contributed by atoms with Crippen LogP contribution in [0.2, 0.25) is 0 Å². The molecule has 8 heteroatoms. The zero-order chi connectivity index (χ0) is 25.9. The Hall–Kier alpha value is -1.80. The monoisotopic (exact) mass is 506 g/mol. The number of amides is 2. The summed E-state index contributed by atoms with van der Waals surface area (Å²) < 4.78 is 4.85. The zero-order valence-electron chi connectivity index (χ0n) is 21.7. The zero-order valence-corrected chi connectivity index (χ0v) is 22.5. The third kappa shape index (κ3) is 4.68. The van der Waals surface area contributed by atoms with E-state index in [2.05, 4.69) is 27.0 Å². The van der Waals surface area contributed by atoms with E-state index >= 15 is 0 Å². The molecule has 0 aromatic carbocycles. The molecule has 3 fully saturated rings. The summed E-state index contributed by atoms with van der Waals surface area (Å²) in [6, 6.07) is -1.23. The Balaban J connectivity index is 2.08. The normalized spacial score (nSPS) is 32.0. The summed E-state index contributed by atoms with van der Waals surface area (Å²) in [5.74, 6) is -1.84. The van der Waals surface area contributed by atoms with Crippen LogP contribution in [0.15, 0.2) is 25.3 Å². The topological polar surface area (TPSA) is 87.2 Å². The molecule has 0 aromatic heterocycles. The summed E-state index contributed by atoms with van der Waals surface area (Å²) in [5.41, 5.74) is 0. The summed E-state index contributed by atoms with van der Waals surface area (Å²) >= 11 is 1.64. The number of likely N-dealkylation sites (tertiary alicyclic amines) is 1. The number of hydrogen-bond acceptors (Lipinski definition) is 6. The van der Waals surface area contributed by atoms with Crippen LogP contribution >= 0.6 is 11.8 Å². The second-order valence-electron chi connectivity index (χ2n) is 10.5. The highest BCUT2D eigenvalue weighted by molar-refractivity contribution is 8.02. The smallest absolute Gasteiger partial charge is 0.310 e. The number of carbonyl (C=O) groups excluding carboxylic acids is 3. The lowest BCUT2D eigenvalue weighted by atomic mass is 9.66. The molecular weight excluding hydrogens is 464 g/mol. The first-order valence-corrected chi connectivity index (χ1v) is 13.9. The van der Waals surface area contributed by atoms with Gasteiger partial charge in [-0.25, -0.2) is 0 Å². The Bertz CT molecular complexity index is 832. The van der Waals surface area contributed by atoms with Crippen molar-refractivity contribution in [2.75, 3.05) is 26.3 Å². The van der Waals surface area contributed by atoms with Gasteiger partial charge in [0.1, 0.15) is 6.04 Å². The number of rotatable bonds is 13. The maximum Gasteiger partial charge on any atom is 0.310 e. The van der Waals surface area contributed by atoms with E-state index in [1.165, 1.54) is 0 Å². The number of esters is 1. The summed E-state index contributed by atoms with van der Waals surface area (Å²) in [6.45, 7) is 16.6. The Labute approximate surface area is 214 Å². The van der Waals surface area contributed by atoms with Crippen molar-refractivity contribution in [3.63, 3.8) is 0 Å². The van der Waals surface area contributed by atoms with Crippen LogP contribution in [0.1, 0.15) is 53.4 Å². The molecule has 0 aromatic rings. The van der Waals surface area contributed by atoms with Gasteiger partial charge in [0.25, 0.3) is 0 Å². The van der Waals surface area contributed by atoms with Gasteiger partial charge in [0.15, 0.2) is 0 Å². The fourth-order valence-electron chi connectivity index (χ4n) is 6.29. The molecule has 3 unspecified atom stereocenters. The number of fused-ring (bicyclic) bond motifs is 1. The molecule has 1 spiro atoms. The highest BCUT2D eigenvalue weighted by Crippen LogP contribution is 2.69. The number of aliphatic hydroxyl groups is 1. The van der Waals surface area contributed by atoms with Crippen LogP contribution in [-0.2, 0) is 19.1 Å².